The molecule has 0 aliphatic carbocycles. The Bertz CT molecular complexity index is 335. The van der Waals surface area contributed by atoms with Gasteiger partial charge in [-0.05, 0) is 0 Å². The number of quaternary nitrogens is 1. The lowest BCUT2D eigenvalue weighted by atomic mass is 9.77. The van der Waals surface area contributed by atoms with Crippen molar-refractivity contribution in [2.45, 2.75) is 19.3 Å². The number of carbonyl (C=O) groups excluding carboxylic acids is 2. The molecule has 2 saturated heterocycles. The van der Waals surface area contributed by atoms with Crippen molar-refractivity contribution >= 4 is 24.2 Å². The molecule has 0 aromatic rings. The molecule has 2 aliphatic rings. The minimum absolute atomic E-state index is 0. The first-order valence-corrected chi connectivity index (χ1v) is 5.37. The summed E-state index contributed by atoms with van der Waals surface area (Å²) >= 11 is 0. The third-order valence-corrected chi connectivity index (χ3v) is 3.66. The number of rotatable bonds is 1. The second kappa shape index (κ2) is 4.53. The fourth-order valence-electron chi connectivity index (χ4n) is 2.48. The highest BCUT2D eigenvalue weighted by Crippen LogP contribution is 2.43. The van der Waals surface area contributed by atoms with Crippen molar-refractivity contribution in [1.82, 2.24) is 5.06 Å². The van der Waals surface area contributed by atoms with Gasteiger partial charge >= 0.3 is 0 Å². The fraction of sp³-hybridized carbons (Fsp3) is 0.800. The summed E-state index contributed by atoms with van der Waals surface area (Å²) in [6, 6.07) is 0. The van der Waals surface area contributed by atoms with E-state index in [0.29, 0.717) is 25.9 Å². The van der Waals surface area contributed by atoms with Crippen molar-refractivity contribution in [3.63, 3.8) is 0 Å². The summed E-state index contributed by atoms with van der Waals surface area (Å²) in [4.78, 5) is 28.3. The SMILES string of the molecule is CON1C(=O)CC2(CC[N+](C)([O-])CC2)C1=O.Cl. The first-order chi connectivity index (χ1) is 7.40. The van der Waals surface area contributed by atoms with Gasteiger partial charge in [0.2, 0.25) is 0 Å². The van der Waals surface area contributed by atoms with Gasteiger partial charge in [-0.2, -0.15) is 5.06 Å². The van der Waals surface area contributed by atoms with E-state index in [1.54, 1.807) is 7.05 Å². The van der Waals surface area contributed by atoms with Crippen LogP contribution >= 0.6 is 12.4 Å². The van der Waals surface area contributed by atoms with Gasteiger partial charge in [-0.3, -0.25) is 14.4 Å². The summed E-state index contributed by atoms with van der Waals surface area (Å²) in [6.07, 6.45) is 1.12. The van der Waals surface area contributed by atoms with Crippen molar-refractivity contribution in [3.05, 3.63) is 5.21 Å². The van der Waals surface area contributed by atoms with Crippen molar-refractivity contribution < 1.29 is 19.1 Å². The van der Waals surface area contributed by atoms with Crippen molar-refractivity contribution in [2.75, 3.05) is 27.2 Å². The van der Waals surface area contributed by atoms with Crippen LogP contribution < -0.4 is 0 Å². The number of nitrogens with zero attached hydrogens (tertiary/aromatic N) is 2. The van der Waals surface area contributed by atoms with Gasteiger partial charge in [-0.15, -0.1) is 12.4 Å². The number of hydrogen-bond donors (Lipinski definition) is 0. The molecule has 2 rings (SSSR count). The smallest absolute Gasteiger partial charge is 0.260 e. The van der Waals surface area contributed by atoms with E-state index >= 15 is 0 Å². The van der Waals surface area contributed by atoms with E-state index in [2.05, 4.69) is 0 Å². The van der Waals surface area contributed by atoms with Gasteiger partial charge in [0.15, 0.2) is 0 Å². The molecule has 98 valence electrons. The molecule has 0 atom stereocenters. The molecular formula is C10H17ClN2O4. The highest BCUT2D eigenvalue weighted by molar-refractivity contribution is 6.04. The lowest BCUT2D eigenvalue weighted by molar-refractivity contribution is -0.867. The number of amides is 2. The first-order valence-electron chi connectivity index (χ1n) is 5.37. The highest BCUT2D eigenvalue weighted by atomic mass is 35.5. The van der Waals surface area contributed by atoms with E-state index in [9.17, 15) is 14.8 Å². The van der Waals surface area contributed by atoms with Gasteiger partial charge < -0.3 is 9.85 Å². The Morgan fingerprint density at radius 2 is 1.88 bits per heavy atom. The molecule has 0 unspecified atom stereocenters. The van der Waals surface area contributed by atoms with Crippen LogP contribution in [0.15, 0.2) is 0 Å². The molecule has 0 aromatic heterocycles. The Morgan fingerprint density at radius 1 is 1.35 bits per heavy atom. The topological polar surface area (TPSA) is 69.7 Å². The van der Waals surface area contributed by atoms with Gasteiger partial charge in [-0.25, -0.2) is 0 Å². The van der Waals surface area contributed by atoms with Gasteiger partial charge in [0.1, 0.15) is 0 Å². The second-order valence-corrected chi connectivity index (χ2v) is 4.88. The summed E-state index contributed by atoms with van der Waals surface area (Å²) in [5.41, 5.74) is -0.671. The summed E-state index contributed by atoms with van der Waals surface area (Å²) in [5.74, 6) is -0.575. The molecule has 0 bridgehead atoms. The summed E-state index contributed by atoms with van der Waals surface area (Å²) in [7, 11) is 2.91. The van der Waals surface area contributed by atoms with Crippen LogP contribution in [0.4, 0.5) is 0 Å². The zero-order valence-corrected chi connectivity index (χ0v) is 10.8. The maximum Gasteiger partial charge on any atom is 0.260 e. The van der Waals surface area contributed by atoms with Crippen LogP contribution in [0.1, 0.15) is 19.3 Å². The standard InChI is InChI=1S/C10H16N2O4.ClH/c1-12(15)5-3-10(4-6-12)7-8(13)11(16-2)9(10)14;/h3-7H2,1-2H3;1H. The van der Waals surface area contributed by atoms with E-state index in [-0.39, 0.29) is 35.3 Å². The van der Waals surface area contributed by atoms with Crippen LogP contribution in [0.25, 0.3) is 0 Å². The molecule has 1 spiro atoms. The molecule has 0 aromatic carbocycles. The predicted molar refractivity (Wildman–Crippen MR) is 61.7 cm³/mol. The number of carbonyl (C=O) groups is 2. The number of hydrogen-bond acceptors (Lipinski definition) is 4. The quantitative estimate of drug-likeness (QED) is 0.392. The third kappa shape index (κ3) is 2.30. The number of likely N-dealkylation sites (tertiary alicyclic amines) is 1. The normalized spacial score (nSPS) is 37.5. The zero-order chi connectivity index (χ0) is 12.0. The second-order valence-electron chi connectivity index (χ2n) is 4.88. The molecule has 6 nitrogen and oxygen atoms in total. The summed E-state index contributed by atoms with van der Waals surface area (Å²) < 4.78 is -0.323. The Balaban J connectivity index is 0.00000144. The maximum absolute atomic E-state index is 12.0. The molecule has 2 aliphatic heterocycles. The Labute approximate surface area is 106 Å². The van der Waals surface area contributed by atoms with Gasteiger partial charge in [0.05, 0.1) is 32.7 Å². The minimum Gasteiger partial charge on any atom is -0.633 e. The van der Waals surface area contributed by atoms with Crippen LogP contribution in [0, 0.1) is 10.6 Å². The van der Waals surface area contributed by atoms with E-state index in [4.69, 9.17) is 4.84 Å². The molecule has 2 heterocycles. The molecule has 0 saturated carbocycles. The number of hydroxylamine groups is 5. The Hall–Kier alpha value is -0.690. The highest BCUT2D eigenvalue weighted by Gasteiger charge is 2.54. The van der Waals surface area contributed by atoms with Crippen LogP contribution in [0.5, 0.6) is 0 Å². The van der Waals surface area contributed by atoms with E-state index < -0.39 is 5.41 Å². The summed E-state index contributed by atoms with van der Waals surface area (Å²) in [6.45, 7) is 0.771. The monoisotopic (exact) mass is 264 g/mol. The fourth-order valence-corrected chi connectivity index (χ4v) is 2.48. The predicted octanol–water partition coefficient (Wildman–Crippen LogP) is 0.453. The number of imide groups is 1. The van der Waals surface area contributed by atoms with Gasteiger partial charge in [0.25, 0.3) is 11.8 Å². The Kier molecular flexibility index (Phi) is 3.83. The maximum atomic E-state index is 12.0. The molecule has 2 amide bonds. The van der Waals surface area contributed by atoms with Crippen molar-refractivity contribution in [1.29, 1.82) is 0 Å². The molecule has 2 fully saturated rings. The van der Waals surface area contributed by atoms with Gasteiger partial charge in [-0.1, -0.05) is 0 Å². The average Bonchev–Trinajstić information content (AvgIpc) is 2.45. The van der Waals surface area contributed by atoms with Crippen LogP contribution in [-0.2, 0) is 14.4 Å². The molecular weight excluding hydrogens is 248 g/mol. The average molecular weight is 265 g/mol. The van der Waals surface area contributed by atoms with Crippen LogP contribution in [0.2, 0.25) is 0 Å². The largest absolute Gasteiger partial charge is 0.633 e. The van der Waals surface area contributed by atoms with Crippen LogP contribution in [0.3, 0.4) is 0 Å². The molecule has 17 heavy (non-hydrogen) atoms. The Morgan fingerprint density at radius 3 is 2.29 bits per heavy atom. The third-order valence-electron chi connectivity index (χ3n) is 3.66. The van der Waals surface area contributed by atoms with E-state index in [1.807, 2.05) is 0 Å². The lowest BCUT2D eigenvalue weighted by Crippen LogP contribution is -2.50. The molecule has 0 N–H and O–H groups in total. The lowest BCUT2D eigenvalue weighted by Gasteiger charge is -2.46. The van der Waals surface area contributed by atoms with Crippen molar-refractivity contribution in [3.8, 4) is 0 Å². The van der Waals surface area contributed by atoms with Gasteiger partial charge in [0, 0.05) is 19.3 Å². The van der Waals surface area contributed by atoms with E-state index in [1.165, 1.54) is 7.11 Å². The molecule has 0 radical (unpaired) electrons. The van der Waals surface area contributed by atoms with Crippen molar-refractivity contribution in [2.24, 2.45) is 5.41 Å². The first kappa shape index (κ1) is 14.4. The summed E-state index contributed by atoms with van der Waals surface area (Å²) in [5, 5.41) is 12.5. The minimum atomic E-state index is -0.671. The zero-order valence-electron chi connectivity index (χ0n) is 9.97. The number of piperidine rings is 1. The van der Waals surface area contributed by atoms with Crippen LogP contribution in [-0.4, -0.2) is 48.8 Å². The molecule has 7 heteroatoms. The number of halogens is 1. The van der Waals surface area contributed by atoms with E-state index in [0.717, 1.165) is 5.06 Å².